The quantitative estimate of drug-likeness (QED) is 0.357. The number of aryl methyl sites for hydroxylation is 1. The first kappa shape index (κ1) is 27.9. The van der Waals surface area contributed by atoms with Gasteiger partial charge >= 0.3 is 5.97 Å². The average Bonchev–Trinajstić information content (AvgIpc) is 3.18. The maximum absolute atomic E-state index is 14.0. The molecule has 1 atom stereocenters. The Kier molecular flexibility index (Phi) is 8.28. The van der Waals surface area contributed by atoms with Gasteiger partial charge in [0.25, 0.3) is 5.56 Å². The molecule has 1 aromatic heterocycles. The van der Waals surface area contributed by atoms with E-state index in [4.69, 9.17) is 14.2 Å². The molecule has 0 radical (unpaired) electrons. The van der Waals surface area contributed by atoms with Crippen molar-refractivity contribution in [3.05, 3.63) is 88.0 Å². The van der Waals surface area contributed by atoms with E-state index >= 15 is 0 Å². The van der Waals surface area contributed by atoms with Gasteiger partial charge in [0.15, 0.2) is 4.80 Å². The third-order valence-corrected chi connectivity index (χ3v) is 8.01. The van der Waals surface area contributed by atoms with Crippen LogP contribution in [0.2, 0.25) is 0 Å². The molecule has 9 heteroatoms. The summed E-state index contributed by atoms with van der Waals surface area (Å²) in [6.45, 7) is 9.93. The molecule has 0 bridgehead atoms. The summed E-state index contributed by atoms with van der Waals surface area (Å²) in [5.41, 5.74) is 4.22. The van der Waals surface area contributed by atoms with E-state index in [2.05, 4.69) is 40.8 Å². The Hall–Kier alpha value is -3.17. The lowest BCUT2D eigenvalue weighted by atomic mass is 9.95. The van der Waals surface area contributed by atoms with E-state index < -0.39 is 12.0 Å². The molecule has 0 N–H and O–H groups in total. The first-order valence-electron chi connectivity index (χ1n) is 12.3. The molecule has 0 amide bonds. The minimum absolute atomic E-state index is 0.206. The van der Waals surface area contributed by atoms with Gasteiger partial charge in [-0.25, -0.2) is 9.79 Å². The Labute approximate surface area is 234 Å². The van der Waals surface area contributed by atoms with Crippen LogP contribution in [0.3, 0.4) is 0 Å². The van der Waals surface area contributed by atoms with Crippen molar-refractivity contribution in [2.45, 2.75) is 46.6 Å². The highest BCUT2D eigenvalue weighted by Crippen LogP contribution is 2.37. The molecule has 0 aliphatic carbocycles. The lowest BCUT2D eigenvalue weighted by Crippen LogP contribution is -2.40. The van der Waals surface area contributed by atoms with Gasteiger partial charge in [-0.05, 0) is 79.8 Å². The predicted molar refractivity (Wildman–Crippen MR) is 153 cm³/mol. The summed E-state index contributed by atoms with van der Waals surface area (Å²) >= 11 is 4.82. The van der Waals surface area contributed by atoms with Crippen molar-refractivity contribution in [3.8, 4) is 11.5 Å². The number of carbonyl (C=O) groups excluding carboxylic acids is 1. The van der Waals surface area contributed by atoms with Gasteiger partial charge in [0, 0.05) is 10.0 Å². The van der Waals surface area contributed by atoms with Crippen LogP contribution in [0.15, 0.2) is 55.9 Å². The van der Waals surface area contributed by atoms with Crippen molar-refractivity contribution in [3.63, 3.8) is 0 Å². The Balaban J connectivity index is 2.01. The average molecular weight is 600 g/mol. The number of hydrogen-bond donors (Lipinski definition) is 0. The Morgan fingerprint density at radius 2 is 1.87 bits per heavy atom. The zero-order chi connectivity index (χ0) is 27.7. The minimum Gasteiger partial charge on any atom is -0.496 e. The van der Waals surface area contributed by atoms with Crippen molar-refractivity contribution < 1.29 is 19.0 Å². The number of rotatable bonds is 7. The maximum Gasteiger partial charge on any atom is 0.338 e. The highest BCUT2D eigenvalue weighted by atomic mass is 79.9. The number of esters is 1. The van der Waals surface area contributed by atoms with Crippen LogP contribution in [0.5, 0.6) is 11.5 Å². The molecule has 0 saturated heterocycles. The third-order valence-electron chi connectivity index (χ3n) is 6.53. The summed E-state index contributed by atoms with van der Waals surface area (Å²) in [7, 11) is 3.23. The normalized spacial score (nSPS) is 15.4. The number of allylic oxidation sites excluding steroid dienone is 1. The minimum atomic E-state index is -0.761. The Morgan fingerprint density at radius 1 is 1.16 bits per heavy atom. The number of aromatic nitrogens is 1. The number of methoxy groups -OCH3 is 2. The Morgan fingerprint density at radius 3 is 2.50 bits per heavy atom. The summed E-state index contributed by atoms with van der Waals surface area (Å²) in [4.78, 5) is 32.4. The van der Waals surface area contributed by atoms with Gasteiger partial charge in [-0.2, -0.15) is 0 Å². The fraction of sp³-hybridized carbons (Fsp3) is 0.345. The smallest absolute Gasteiger partial charge is 0.338 e. The monoisotopic (exact) mass is 598 g/mol. The zero-order valence-electron chi connectivity index (χ0n) is 22.5. The molecule has 0 unspecified atom stereocenters. The zero-order valence-corrected chi connectivity index (χ0v) is 25.0. The first-order chi connectivity index (χ1) is 18.1. The molecule has 2 heterocycles. The van der Waals surface area contributed by atoms with Gasteiger partial charge < -0.3 is 14.2 Å². The van der Waals surface area contributed by atoms with Gasteiger partial charge in [0.05, 0.1) is 36.6 Å². The summed E-state index contributed by atoms with van der Waals surface area (Å²) in [5.74, 6) is 1.12. The molecule has 0 spiro atoms. The van der Waals surface area contributed by atoms with E-state index in [1.807, 2.05) is 37.3 Å². The predicted octanol–water partition coefficient (Wildman–Crippen LogP) is 5.01. The van der Waals surface area contributed by atoms with E-state index in [1.54, 1.807) is 32.6 Å². The van der Waals surface area contributed by atoms with Crippen LogP contribution in [0.4, 0.5) is 0 Å². The highest BCUT2D eigenvalue weighted by molar-refractivity contribution is 9.10. The van der Waals surface area contributed by atoms with Crippen LogP contribution in [0.25, 0.3) is 6.08 Å². The second-order valence-electron chi connectivity index (χ2n) is 9.29. The second-order valence-corrected chi connectivity index (χ2v) is 11.2. The highest BCUT2D eigenvalue weighted by Gasteiger charge is 2.35. The number of hydrogen-bond acceptors (Lipinski definition) is 7. The third kappa shape index (κ3) is 5.09. The fourth-order valence-electron chi connectivity index (χ4n) is 4.65. The van der Waals surface area contributed by atoms with Crippen LogP contribution in [0.1, 0.15) is 61.9 Å². The molecule has 2 aromatic carbocycles. The number of nitrogens with zero attached hydrogens (tertiary/aromatic N) is 2. The number of halogens is 1. The Bertz CT molecular complexity index is 1620. The molecule has 4 rings (SSSR count). The van der Waals surface area contributed by atoms with Crippen molar-refractivity contribution in [2.24, 2.45) is 4.99 Å². The van der Waals surface area contributed by atoms with E-state index in [0.717, 1.165) is 26.9 Å². The molecule has 3 aromatic rings. The molecule has 200 valence electrons. The number of benzene rings is 2. The molecule has 0 saturated carbocycles. The maximum atomic E-state index is 14.0. The second kappa shape index (κ2) is 11.3. The van der Waals surface area contributed by atoms with Gasteiger partial charge in [0.2, 0.25) is 0 Å². The van der Waals surface area contributed by atoms with Crippen LogP contribution in [-0.2, 0) is 9.53 Å². The van der Waals surface area contributed by atoms with Crippen LogP contribution in [0, 0.1) is 6.92 Å². The van der Waals surface area contributed by atoms with Crippen LogP contribution >= 0.6 is 27.3 Å². The fourth-order valence-corrected chi connectivity index (χ4v) is 6.06. The van der Waals surface area contributed by atoms with Crippen molar-refractivity contribution in [1.29, 1.82) is 0 Å². The molecule has 1 aliphatic heterocycles. The molecule has 0 fully saturated rings. The standard InChI is InChI=1S/C29H31BrN2O5S/c1-8-37-28(34)25-17(5)31-29-32(26(25)21-14-19(30)9-10-22(21)35-6)27(33)24(38-29)13-18-12-20(15(2)3)23(36-7)11-16(18)4/h9-15,26H,8H2,1-7H3/b24-13-/t26-/m0/s1. The number of ether oxygens (including phenoxy) is 3. The first-order valence-corrected chi connectivity index (χ1v) is 13.9. The number of carbonyl (C=O) groups is 1. The molecular weight excluding hydrogens is 568 g/mol. The van der Waals surface area contributed by atoms with Gasteiger partial charge in [-0.15, -0.1) is 0 Å². The lowest BCUT2D eigenvalue weighted by molar-refractivity contribution is -0.139. The van der Waals surface area contributed by atoms with E-state index in [0.29, 0.717) is 31.9 Å². The number of thiazole rings is 1. The summed E-state index contributed by atoms with van der Waals surface area (Å²) in [6, 6.07) is 8.83. The molecule has 38 heavy (non-hydrogen) atoms. The number of fused-ring (bicyclic) bond motifs is 1. The van der Waals surface area contributed by atoms with Crippen LogP contribution < -0.4 is 24.4 Å². The van der Waals surface area contributed by atoms with E-state index in [9.17, 15) is 9.59 Å². The summed E-state index contributed by atoms with van der Waals surface area (Å²) in [6.07, 6.45) is 1.89. The van der Waals surface area contributed by atoms with Crippen molar-refractivity contribution in [1.82, 2.24) is 4.57 Å². The largest absolute Gasteiger partial charge is 0.496 e. The van der Waals surface area contributed by atoms with E-state index in [-0.39, 0.29) is 18.1 Å². The van der Waals surface area contributed by atoms with E-state index in [1.165, 1.54) is 11.3 Å². The lowest BCUT2D eigenvalue weighted by Gasteiger charge is -2.26. The van der Waals surface area contributed by atoms with Crippen molar-refractivity contribution in [2.75, 3.05) is 20.8 Å². The van der Waals surface area contributed by atoms with Gasteiger partial charge in [-0.1, -0.05) is 41.1 Å². The van der Waals surface area contributed by atoms with Crippen molar-refractivity contribution >= 4 is 39.3 Å². The summed E-state index contributed by atoms with van der Waals surface area (Å²) < 4.78 is 19.5. The van der Waals surface area contributed by atoms with Gasteiger partial charge in [0.1, 0.15) is 17.5 Å². The molecular formula is C29H31BrN2O5S. The van der Waals surface area contributed by atoms with Gasteiger partial charge in [-0.3, -0.25) is 9.36 Å². The topological polar surface area (TPSA) is 79.1 Å². The summed E-state index contributed by atoms with van der Waals surface area (Å²) in [5, 5.41) is 0. The van der Waals surface area contributed by atoms with Crippen LogP contribution in [-0.4, -0.2) is 31.4 Å². The molecule has 7 nitrogen and oxygen atoms in total. The molecule has 1 aliphatic rings. The SMILES string of the molecule is CCOC(=O)C1=C(C)N=c2s/c(=C\c3cc(C(C)C)c(OC)cc3C)c(=O)n2[C@H]1c1cc(Br)ccc1OC.